The number of ketones is 1. The van der Waals surface area contributed by atoms with Gasteiger partial charge in [-0.05, 0) is 68.1 Å². The van der Waals surface area contributed by atoms with E-state index in [0.29, 0.717) is 37.2 Å². The third kappa shape index (κ3) is 3.52. The number of carbonyl (C=O) groups excluding carboxylic acids is 2. The van der Waals surface area contributed by atoms with Crippen molar-refractivity contribution in [3.05, 3.63) is 0 Å². The van der Waals surface area contributed by atoms with Gasteiger partial charge in [0.2, 0.25) is 0 Å². The van der Waals surface area contributed by atoms with Crippen LogP contribution in [-0.4, -0.2) is 36.0 Å². The van der Waals surface area contributed by atoms with E-state index in [1.807, 2.05) is 6.92 Å². The summed E-state index contributed by atoms with van der Waals surface area (Å²) < 4.78 is 5.97. The molecule has 0 heterocycles. The molecule has 1 N–H and O–H groups in total. The predicted molar refractivity (Wildman–Crippen MR) is 101 cm³/mol. The highest BCUT2D eigenvalue weighted by Gasteiger charge is 2.54. The molecule has 3 aliphatic rings. The minimum Gasteiger partial charge on any atom is -0.390 e. The average molecular weight is 365 g/mol. The summed E-state index contributed by atoms with van der Waals surface area (Å²) >= 11 is 0. The summed E-state index contributed by atoms with van der Waals surface area (Å²) in [4.78, 5) is 23.7. The number of hydrogen-bond acceptors (Lipinski definition) is 4. The van der Waals surface area contributed by atoms with Gasteiger partial charge in [-0.25, -0.2) is 0 Å². The molecule has 0 unspecified atom stereocenters. The predicted octanol–water partition coefficient (Wildman–Crippen LogP) is 3.93. The quantitative estimate of drug-likeness (QED) is 0.725. The van der Waals surface area contributed by atoms with Gasteiger partial charge in [-0.2, -0.15) is 0 Å². The Morgan fingerprint density at radius 3 is 2.69 bits per heavy atom. The van der Waals surface area contributed by atoms with E-state index in [1.165, 1.54) is 0 Å². The molecule has 0 bridgehead atoms. The molecule has 0 aromatic carbocycles. The lowest BCUT2D eigenvalue weighted by atomic mass is 9.53. The van der Waals surface area contributed by atoms with Crippen molar-refractivity contribution in [3.63, 3.8) is 0 Å². The van der Waals surface area contributed by atoms with Crippen LogP contribution in [-0.2, 0) is 14.3 Å². The molecule has 0 radical (unpaired) electrons. The first-order chi connectivity index (χ1) is 12.3. The summed E-state index contributed by atoms with van der Waals surface area (Å²) in [5.41, 5.74) is -0.282. The second-order valence-electron chi connectivity index (χ2n) is 9.67. The molecule has 3 rings (SSSR count). The van der Waals surface area contributed by atoms with Crippen molar-refractivity contribution < 1.29 is 19.4 Å². The molecule has 4 heteroatoms. The van der Waals surface area contributed by atoms with E-state index >= 15 is 0 Å². The van der Waals surface area contributed by atoms with E-state index in [2.05, 4.69) is 13.8 Å². The molecule has 0 aromatic rings. The van der Waals surface area contributed by atoms with Crippen LogP contribution >= 0.6 is 0 Å². The second kappa shape index (κ2) is 7.71. The third-order valence-corrected chi connectivity index (χ3v) is 7.97. The summed E-state index contributed by atoms with van der Waals surface area (Å²) in [5, 5.41) is 10.5. The number of ether oxygens (including phenoxy) is 1. The van der Waals surface area contributed by atoms with Gasteiger partial charge in [0.1, 0.15) is 12.1 Å². The second-order valence-corrected chi connectivity index (χ2v) is 9.67. The average Bonchev–Trinajstić information content (AvgIpc) is 2.88. The molecule has 26 heavy (non-hydrogen) atoms. The standard InChI is InChI=1S/C22H36O4/c1-4-11-26-19-14-21(2)13-15(5-6-16(21)12-18(19)24)17-7-8-20(25)22(17,3)9-10-23/h10,15-19,24H,4-9,11-14H2,1-3H3/t15-,16+,17+,18+,19+,21+,22+/m1/s1. The summed E-state index contributed by atoms with van der Waals surface area (Å²) in [7, 11) is 0. The minimum absolute atomic E-state index is 0.0541. The highest BCUT2D eigenvalue weighted by Crippen LogP contribution is 2.58. The lowest BCUT2D eigenvalue weighted by Gasteiger charge is -2.53. The number of rotatable bonds is 6. The van der Waals surface area contributed by atoms with E-state index in [0.717, 1.165) is 51.2 Å². The molecule has 3 saturated carbocycles. The van der Waals surface area contributed by atoms with Gasteiger partial charge in [-0.15, -0.1) is 0 Å². The van der Waals surface area contributed by atoms with E-state index < -0.39 is 5.41 Å². The number of aldehydes is 1. The Balaban J connectivity index is 1.74. The number of Topliss-reactive ketones (excluding diaryl/α,β-unsaturated/α-hetero) is 1. The largest absolute Gasteiger partial charge is 0.390 e. The Morgan fingerprint density at radius 1 is 1.23 bits per heavy atom. The number of carbonyl (C=O) groups is 2. The molecule has 4 nitrogen and oxygen atoms in total. The highest BCUT2D eigenvalue weighted by atomic mass is 16.5. The fourth-order valence-corrected chi connectivity index (χ4v) is 6.40. The van der Waals surface area contributed by atoms with Crippen LogP contribution in [0.2, 0.25) is 0 Å². The number of hydrogen-bond donors (Lipinski definition) is 1. The zero-order valence-corrected chi connectivity index (χ0v) is 16.7. The van der Waals surface area contributed by atoms with Crippen LogP contribution in [0.15, 0.2) is 0 Å². The maximum atomic E-state index is 12.5. The molecule has 0 amide bonds. The Labute approximate surface area is 158 Å². The summed E-state index contributed by atoms with van der Waals surface area (Å²) in [6.07, 6.45) is 8.56. The maximum Gasteiger partial charge on any atom is 0.139 e. The lowest BCUT2D eigenvalue weighted by Crippen LogP contribution is -2.50. The Morgan fingerprint density at radius 2 is 2.00 bits per heavy atom. The molecular formula is C22H36O4. The van der Waals surface area contributed by atoms with Gasteiger partial charge >= 0.3 is 0 Å². The summed E-state index contributed by atoms with van der Waals surface area (Å²) in [6.45, 7) is 7.20. The first kappa shape index (κ1) is 20.0. The zero-order chi connectivity index (χ0) is 18.9. The Kier molecular flexibility index (Phi) is 5.93. The molecule has 3 fully saturated rings. The molecule has 0 aliphatic heterocycles. The maximum absolute atomic E-state index is 12.5. The lowest BCUT2D eigenvalue weighted by molar-refractivity contribution is -0.138. The molecular weight excluding hydrogens is 328 g/mol. The monoisotopic (exact) mass is 364 g/mol. The fraction of sp³-hybridized carbons (Fsp3) is 0.909. The van der Waals surface area contributed by atoms with Crippen LogP contribution in [0.3, 0.4) is 0 Å². The number of fused-ring (bicyclic) bond motifs is 1. The highest BCUT2D eigenvalue weighted by molar-refractivity contribution is 5.89. The molecule has 3 aliphatic carbocycles. The minimum atomic E-state index is -0.456. The van der Waals surface area contributed by atoms with Crippen molar-refractivity contribution in [2.75, 3.05) is 6.61 Å². The van der Waals surface area contributed by atoms with E-state index in [-0.39, 0.29) is 23.4 Å². The van der Waals surface area contributed by atoms with Crippen LogP contribution in [0.1, 0.15) is 78.6 Å². The zero-order valence-electron chi connectivity index (χ0n) is 16.7. The third-order valence-electron chi connectivity index (χ3n) is 7.97. The van der Waals surface area contributed by atoms with Crippen molar-refractivity contribution in [1.82, 2.24) is 0 Å². The first-order valence-electron chi connectivity index (χ1n) is 10.6. The van der Waals surface area contributed by atoms with Crippen molar-refractivity contribution in [2.45, 2.75) is 90.8 Å². The van der Waals surface area contributed by atoms with Gasteiger partial charge < -0.3 is 14.6 Å². The summed E-state index contributed by atoms with van der Waals surface area (Å²) in [5.74, 6) is 1.67. The van der Waals surface area contributed by atoms with Crippen LogP contribution in [0.25, 0.3) is 0 Å². The molecule has 148 valence electrons. The van der Waals surface area contributed by atoms with Crippen LogP contribution in [0.5, 0.6) is 0 Å². The number of aliphatic hydroxyl groups is 1. The summed E-state index contributed by atoms with van der Waals surface area (Å²) in [6, 6.07) is 0. The topological polar surface area (TPSA) is 63.6 Å². The molecule has 7 atom stereocenters. The van der Waals surface area contributed by atoms with Gasteiger partial charge in [0.05, 0.1) is 12.2 Å². The van der Waals surface area contributed by atoms with Crippen LogP contribution in [0, 0.1) is 28.6 Å². The fourth-order valence-electron chi connectivity index (χ4n) is 6.40. The van der Waals surface area contributed by atoms with Gasteiger partial charge in [0, 0.05) is 24.9 Å². The first-order valence-corrected chi connectivity index (χ1v) is 10.6. The van der Waals surface area contributed by atoms with E-state index in [1.54, 1.807) is 0 Å². The van der Waals surface area contributed by atoms with E-state index in [4.69, 9.17) is 4.74 Å². The Hall–Kier alpha value is -0.740. The number of aliphatic hydroxyl groups excluding tert-OH is 1. The molecule has 0 aromatic heterocycles. The Bertz CT molecular complexity index is 532. The van der Waals surface area contributed by atoms with Crippen molar-refractivity contribution in [1.29, 1.82) is 0 Å². The molecule has 0 spiro atoms. The van der Waals surface area contributed by atoms with Crippen molar-refractivity contribution in [3.8, 4) is 0 Å². The molecule has 0 saturated heterocycles. The van der Waals surface area contributed by atoms with Crippen LogP contribution < -0.4 is 0 Å². The smallest absolute Gasteiger partial charge is 0.139 e. The van der Waals surface area contributed by atoms with Crippen molar-refractivity contribution in [2.24, 2.45) is 28.6 Å². The van der Waals surface area contributed by atoms with Gasteiger partial charge in [-0.3, -0.25) is 4.79 Å². The van der Waals surface area contributed by atoms with Crippen molar-refractivity contribution >= 4 is 12.1 Å². The van der Waals surface area contributed by atoms with Gasteiger partial charge in [0.15, 0.2) is 0 Å². The van der Waals surface area contributed by atoms with Gasteiger partial charge in [-0.1, -0.05) is 20.8 Å². The normalized spacial score (nSPS) is 46.2. The van der Waals surface area contributed by atoms with E-state index in [9.17, 15) is 14.7 Å². The van der Waals surface area contributed by atoms with Gasteiger partial charge in [0.25, 0.3) is 0 Å². The van der Waals surface area contributed by atoms with Crippen LogP contribution in [0.4, 0.5) is 0 Å². The SMILES string of the molecule is CCCO[C@H]1C[C@]2(C)C[C@H]([C@@H]3CCC(=O)[C@@]3(C)CC=O)CC[C@H]2C[C@@H]1O.